The van der Waals surface area contributed by atoms with E-state index in [1.807, 2.05) is 0 Å². The first-order valence-electron chi connectivity index (χ1n) is 7.32. The van der Waals surface area contributed by atoms with E-state index in [4.69, 9.17) is 4.74 Å². The number of amides is 1. The average molecular weight is 322 g/mol. The normalized spacial score (nSPS) is 11.7. The molecule has 2 aromatic heterocycles. The van der Waals surface area contributed by atoms with Crippen LogP contribution in [0.15, 0.2) is 22.0 Å². The van der Waals surface area contributed by atoms with Crippen LogP contribution in [-0.4, -0.2) is 31.9 Å². The molecule has 0 aromatic carbocycles. The first-order chi connectivity index (χ1) is 10.6. The summed E-state index contributed by atoms with van der Waals surface area (Å²) in [4.78, 5) is 35.6. The fourth-order valence-corrected chi connectivity index (χ4v) is 2.25. The van der Waals surface area contributed by atoms with Crippen LogP contribution in [0.3, 0.4) is 0 Å². The molecule has 0 aliphatic heterocycles. The van der Waals surface area contributed by atoms with Crippen molar-refractivity contribution in [2.45, 2.75) is 32.9 Å². The van der Waals surface area contributed by atoms with Crippen LogP contribution in [0.1, 0.15) is 20.8 Å². The van der Waals surface area contributed by atoms with Crippen molar-refractivity contribution in [1.82, 2.24) is 19.0 Å². The second-order valence-corrected chi connectivity index (χ2v) is 6.43. The number of nitrogens with zero attached hydrogens (tertiary/aromatic N) is 3. The lowest BCUT2D eigenvalue weighted by Gasteiger charge is -2.19. The summed E-state index contributed by atoms with van der Waals surface area (Å²) in [5, 5.41) is 3.11. The van der Waals surface area contributed by atoms with Crippen LogP contribution >= 0.6 is 0 Å². The summed E-state index contributed by atoms with van der Waals surface area (Å²) in [6.45, 7) is 6.19. The van der Waals surface area contributed by atoms with Crippen LogP contribution in [0.5, 0.6) is 0 Å². The molecule has 1 N–H and O–H groups in total. The van der Waals surface area contributed by atoms with Crippen molar-refractivity contribution in [3.05, 3.63) is 33.2 Å². The summed E-state index contributed by atoms with van der Waals surface area (Å²) in [6, 6.07) is 0. The zero-order valence-corrected chi connectivity index (χ0v) is 14.0. The van der Waals surface area contributed by atoms with Crippen LogP contribution in [0, 0.1) is 0 Å². The van der Waals surface area contributed by atoms with Crippen LogP contribution in [0.25, 0.3) is 10.9 Å². The van der Waals surface area contributed by atoms with E-state index >= 15 is 0 Å². The van der Waals surface area contributed by atoms with Crippen molar-refractivity contribution in [2.24, 2.45) is 14.1 Å². The average Bonchev–Trinajstić information content (AvgIpc) is 2.85. The number of rotatable bonds is 3. The Labute approximate surface area is 133 Å². The molecule has 1 amide bonds. The van der Waals surface area contributed by atoms with Gasteiger partial charge in [0.25, 0.3) is 5.56 Å². The van der Waals surface area contributed by atoms with Gasteiger partial charge in [-0.25, -0.2) is 9.59 Å². The highest BCUT2D eigenvalue weighted by Crippen LogP contribution is 2.09. The predicted molar refractivity (Wildman–Crippen MR) is 86.7 cm³/mol. The molecule has 2 rings (SSSR count). The number of aryl methyl sites for hydroxylation is 1. The first-order valence-corrected chi connectivity index (χ1v) is 7.32. The van der Waals surface area contributed by atoms with E-state index in [1.165, 1.54) is 11.6 Å². The molecule has 126 valence electrons. The summed E-state index contributed by atoms with van der Waals surface area (Å²) >= 11 is 0. The zero-order chi connectivity index (χ0) is 17.4. The summed E-state index contributed by atoms with van der Waals surface area (Å²) in [5.41, 5.74) is -0.680. The number of nitrogens with one attached hydrogen (secondary N) is 1. The van der Waals surface area contributed by atoms with Crippen LogP contribution in [0.4, 0.5) is 4.79 Å². The van der Waals surface area contributed by atoms with Gasteiger partial charge in [0.2, 0.25) is 0 Å². The van der Waals surface area contributed by atoms with Gasteiger partial charge in [-0.15, -0.1) is 0 Å². The second-order valence-electron chi connectivity index (χ2n) is 6.43. The van der Waals surface area contributed by atoms with Crippen molar-refractivity contribution in [3.8, 4) is 0 Å². The smallest absolute Gasteiger partial charge is 0.407 e. The number of carbonyl (C=O) groups excluding carboxylic acids is 1. The quantitative estimate of drug-likeness (QED) is 0.894. The molecule has 0 saturated carbocycles. The molecule has 0 saturated heterocycles. The van der Waals surface area contributed by atoms with E-state index < -0.39 is 11.7 Å². The lowest BCUT2D eigenvalue weighted by molar-refractivity contribution is 0.0526. The standard InChI is InChI=1S/C15H22N4O4/c1-15(2,3)23-13(21)16-6-7-19-8-10-11(9-19)17(4)14(22)18(5)12(10)20/h8-9H,6-7H2,1-5H3,(H,16,21). The summed E-state index contributed by atoms with van der Waals surface area (Å²) < 4.78 is 9.41. The molecule has 0 atom stereocenters. The molecule has 23 heavy (non-hydrogen) atoms. The Morgan fingerprint density at radius 3 is 2.43 bits per heavy atom. The fourth-order valence-electron chi connectivity index (χ4n) is 2.25. The van der Waals surface area contributed by atoms with E-state index in [0.29, 0.717) is 24.0 Å². The molecule has 0 spiro atoms. The Bertz CT molecular complexity index is 851. The highest BCUT2D eigenvalue weighted by Gasteiger charge is 2.15. The Kier molecular flexibility index (Phi) is 4.35. The predicted octanol–water partition coefficient (Wildman–Crippen LogP) is 0.563. The van der Waals surface area contributed by atoms with Gasteiger partial charge < -0.3 is 14.6 Å². The Balaban J connectivity index is 2.13. The summed E-state index contributed by atoms with van der Waals surface area (Å²) in [5.74, 6) is 0. The van der Waals surface area contributed by atoms with Gasteiger partial charge in [-0.3, -0.25) is 13.9 Å². The molecule has 0 bridgehead atoms. The van der Waals surface area contributed by atoms with Gasteiger partial charge in [0.1, 0.15) is 5.60 Å². The lowest BCUT2D eigenvalue weighted by Crippen LogP contribution is -2.36. The minimum Gasteiger partial charge on any atom is -0.444 e. The summed E-state index contributed by atoms with van der Waals surface area (Å²) in [7, 11) is 3.07. The van der Waals surface area contributed by atoms with Crippen LogP contribution in [-0.2, 0) is 25.4 Å². The van der Waals surface area contributed by atoms with Crippen molar-refractivity contribution in [3.63, 3.8) is 0 Å². The highest BCUT2D eigenvalue weighted by atomic mass is 16.6. The first kappa shape index (κ1) is 16.9. The second kappa shape index (κ2) is 5.94. The monoisotopic (exact) mass is 322 g/mol. The maximum Gasteiger partial charge on any atom is 0.407 e. The Hall–Kier alpha value is -2.51. The third-order valence-electron chi connectivity index (χ3n) is 3.37. The molecule has 0 unspecified atom stereocenters. The third-order valence-corrected chi connectivity index (χ3v) is 3.37. The SMILES string of the molecule is Cn1c(=O)c2cn(CCNC(=O)OC(C)(C)C)cc2n(C)c1=O. The molecule has 2 aromatic rings. The molecule has 2 heterocycles. The number of alkyl carbamates (subject to hydrolysis) is 1. The molecule has 0 aliphatic carbocycles. The van der Waals surface area contributed by atoms with Gasteiger partial charge in [0.15, 0.2) is 0 Å². The maximum atomic E-state index is 12.1. The number of aromatic nitrogens is 3. The molecule has 0 fully saturated rings. The van der Waals surface area contributed by atoms with Crippen molar-refractivity contribution in [2.75, 3.05) is 6.54 Å². The van der Waals surface area contributed by atoms with E-state index in [2.05, 4.69) is 5.32 Å². The van der Waals surface area contributed by atoms with Gasteiger partial charge >= 0.3 is 11.8 Å². The van der Waals surface area contributed by atoms with Gasteiger partial charge in [-0.1, -0.05) is 0 Å². The van der Waals surface area contributed by atoms with E-state index in [1.54, 1.807) is 44.8 Å². The van der Waals surface area contributed by atoms with Gasteiger partial charge in [0.05, 0.1) is 10.9 Å². The number of fused-ring (bicyclic) bond motifs is 1. The van der Waals surface area contributed by atoms with Crippen LogP contribution < -0.4 is 16.6 Å². The molecule has 8 nitrogen and oxygen atoms in total. The minimum absolute atomic E-state index is 0.332. The fraction of sp³-hybridized carbons (Fsp3) is 0.533. The van der Waals surface area contributed by atoms with E-state index in [9.17, 15) is 14.4 Å². The Morgan fingerprint density at radius 2 is 1.83 bits per heavy atom. The van der Waals surface area contributed by atoms with Crippen molar-refractivity contribution >= 4 is 17.0 Å². The lowest BCUT2D eigenvalue weighted by atomic mass is 10.2. The largest absolute Gasteiger partial charge is 0.444 e. The van der Waals surface area contributed by atoms with Crippen LogP contribution in [0.2, 0.25) is 0 Å². The highest BCUT2D eigenvalue weighted by molar-refractivity contribution is 5.77. The van der Waals surface area contributed by atoms with Gasteiger partial charge in [-0.2, -0.15) is 0 Å². The number of ether oxygens (including phenoxy) is 1. The molecule has 0 aliphatic rings. The van der Waals surface area contributed by atoms with E-state index in [-0.39, 0.29) is 11.2 Å². The number of hydrogen-bond donors (Lipinski definition) is 1. The third kappa shape index (κ3) is 3.64. The molecule has 8 heteroatoms. The molecule has 0 radical (unpaired) electrons. The number of carbonyl (C=O) groups is 1. The molecular weight excluding hydrogens is 300 g/mol. The van der Waals surface area contributed by atoms with Crippen molar-refractivity contribution < 1.29 is 9.53 Å². The van der Waals surface area contributed by atoms with E-state index in [0.717, 1.165) is 4.57 Å². The maximum absolute atomic E-state index is 12.1. The van der Waals surface area contributed by atoms with Gasteiger partial charge in [0, 0.05) is 39.6 Å². The summed E-state index contributed by atoms with van der Waals surface area (Å²) in [6.07, 6.45) is 2.90. The Morgan fingerprint density at radius 1 is 1.17 bits per heavy atom. The molecular formula is C15H22N4O4. The minimum atomic E-state index is -0.545. The number of hydrogen-bond acceptors (Lipinski definition) is 4. The van der Waals surface area contributed by atoms with Gasteiger partial charge in [-0.05, 0) is 20.8 Å². The van der Waals surface area contributed by atoms with Crippen molar-refractivity contribution in [1.29, 1.82) is 0 Å². The topological polar surface area (TPSA) is 87.3 Å². The zero-order valence-electron chi connectivity index (χ0n) is 14.0.